The number of rotatable bonds is 3. The molecule has 1 amide bonds. The molecule has 0 radical (unpaired) electrons. The van der Waals surface area contributed by atoms with Crippen LogP contribution in [0.2, 0.25) is 0 Å². The van der Waals surface area contributed by atoms with Gasteiger partial charge >= 0.3 is 6.09 Å². The van der Waals surface area contributed by atoms with Gasteiger partial charge in [-0.15, -0.1) is 0 Å². The molecule has 0 aromatic heterocycles. The molecule has 4 heteroatoms. The van der Waals surface area contributed by atoms with E-state index >= 15 is 0 Å². The number of amides is 1. The van der Waals surface area contributed by atoms with Gasteiger partial charge in [-0.1, -0.05) is 18.2 Å². The third-order valence-electron chi connectivity index (χ3n) is 3.28. The van der Waals surface area contributed by atoms with Crippen LogP contribution in [0.3, 0.4) is 0 Å². The molecule has 0 spiro atoms. The van der Waals surface area contributed by atoms with Crippen molar-refractivity contribution in [1.29, 1.82) is 0 Å². The standard InChI is InChI=1S/C14H19NO3/c1-17-12-9-7-11(8-10-12)15-14(16)18-13-5-3-2-4-6-13/h2-6,11-12H,7-10H2,1H3,(H,15,16)/t11-,12-. The molecule has 1 aliphatic rings. The van der Waals surface area contributed by atoms with Crippen LogP contribution >= 0.6 is 0 Å². The molecular weight excluding hydrogens is 230 g/mol. The Morgan fingerprint density at radius 1 is 1.17 bits per heavy atom. The maximum Gasteiger partial charge on any atom is 0.412 e. The molecule has 0 bridgehead atoms. The number of nitrogens with one attached hydrogen (secondary N) is 1. The van der Waals surface area contributed by atoms with E-state index in [0.717, 1.165) is 25.7 Å². The highest BCUT2D eigenvalue weighted by Crippen LogP contribution is 2.20. The summed E-state index contributed by atoms with van der Waals surface area (Å²) in [5, 5.41) is 2.90. The molecule has 18 heavy (non-hydrogen) atoms. The van der Waals surface area contributed by atoms with Crippen LogP contribution in [0, 0.1) is 0 Å². The molecular formula is C14H19NO3. The van der Waals surface area contributed by atoms with E-state index in [-0.39, 0.29) is 12.1 Å². The molecule has 1 aromatic rings. The van der Waals surface area contributed by atoms with E-state index in [0.29, 0.717) is 11.9 Å². The lowest BCUT2D eigenvalue weighted by Crippen LogP contribution is -2.40. The van der Waals surface area contributed by atoms with Crippen LogP contribution in [-0.2, 0) is 4.74 Å². The van der Waals surface area contributed by atoms with Crippen molar-refractivity contribution in [1.82, 2.24) is 5.32 Å². The van der Waals surface area contributed by atoms with Crippen molar-refractivity contribution >= 4 is 6.09 Å². The van der Waals surface area contributed by atoms with Gasteiger partial charge in [-0.3, -0.25) is 0 Å². The highest BCUT2D eigenvalue weighted by Gasteiger charge is 2.22. The van der Waals surface area contributed by atoms with Crippen LogP contribution in [0.4, 0.5) is 4.79 Å². The Morgan fingerprint density at radius 2 is 1.83 bits per heavy atom. The molecule has 4 nitrogen and oxygen atoms in total. The van der Waals surface area contributed by atoms with E-state index in [2.05, 4.69) is 5.32 Å². The van der Waals surface area contributed by atoms with E-state index in [1.54, 1.807) is 19.2 Å². The Kier molecular flexibility index (Phi) is 4.59. The van der Waals surface area contributed by atoms with Gasteiger partial charge in [0.25, 0.3) is 0 Å². The van der Waals surface area contributed by atoms with E-state index in [9.17, 15) is 4.79 Å². The van der Waals surface area contributed by atoms with Crippen LogP contribution in [0.15, 0.2) is 30.3 Å². The fourth-order valence-corrected chi connectivity index (χ4v) is 2.23. The lowest BCUT2D eigenvalue weighted by Gasteiger charge is -2.27. The van der Waals surface area contributed by atoms with Crippen molar-refractivity contribution in [2.75, 3.05) is 7.11 Å². The SMILES string of the molecule is CO[C@H]1CC[C@H](NC(=O)Oc2ccccc2)CC1. The summed E-state index contributed by atoms with van der Waals surface area (Å²) >= 11 is 0. The number of hydrogen-bond donors (Lipinski definition) is 1. The van der Waals surface area contributed by atoms with Crippen LogP contribution in [0.5, 0.6) is 5.75 Å². The average Bonchev–Trinajstić information content (AvgIpc) is 2.40. The Labute approximate surface area is 107 Å². The zero-order valence-electron chi connectivity index (χ0n) is 10.6. The van der Waals surface area contributed by atoms with Crippen molar-refractivity contribution in [3.05, 3.63) is 30.3 Å². The third-order valence-corrected chi connectivity index (χ3v) is 3.28. The van der Waals surface area contributed by atoms with Gasteiger partial charge in [0.15, 0.2) is 0 Å². The van der Waals surface area contributed by atoms with Crippen molar-refractivity contribution < 1.29 is 14.3 Å². The number of ether oxygens (including phenoxy) is 2. The molecule has 1 aliphatic carbocycles. The van der Waals surface area contributed by atoms with Gasteiger partial charge in [0.1, 0.15) is 5.75 Å². The normalized spacial score (nSPS) is 23.4. The molecule has 0 aliphatic heterocycles. The number of carbonyl (C=O) groups is 1. The van der Waals surface area contributed by atoms with Crippen LogP contribution in [-0.4, -0.2) is 25.3 Å². The summed E-state index contributed by atoms with van der Waals surface area (Å²) in [5.41, 5.74) is 0. The predicted octanol–water partition coefficient (Wildman–Crippen LogP) is 2.73. The van der Waals surface area contributed by atoms with Crippen LogP contribution in [0.1, 0.15) is 25.7 Å². The van der Waals surface area contributed by atoms with Crippen LogP contribution < -0.4 is 10.1 Å². The smallest absolute Gasteiger partial charge is 0.410 e. The number of para-hydroxylation sites is 1. The van der Waals surface area contributed by atoms with E-state index in [1.807, 2.05) is 18.2 Å². The molecule has 2 rings (SSSR count). The summed E-state index contributed by atoms with van der Waals surface area (Å²) in [7, 11) is 1.74. The summed E-state index contributed by atoms with van der Waals surface area (Å²) < 4.78 is 10.5. The van der Waals surface area contributed by atoms with Gasteiger partial charge < -0.3 is 14.8 Å². The Morgan fingerprint density at radius 3 is 2.44 bits per heavy atom. The molecule has 1 fully saturated rings. The van der Waals surface area contributed by atoms with Gasteiger partial charge in [0.2, 0.25) is 0 Å². The fraction of sp³-hybridized carbons (Fsp3) is 0.500. The monoisotopic (exact) mass is 249 g/mol. The summed E-state index contributed by atoms with van der Waals surface area (Å²) in [6, 6.07) is 9.30. The average molecular weight is 249 g/mol. The number of carbonyl (C=O) groups excluding carboxylic acids is 1. The van der Waals surface area contributed by atoms with E-state index in [1.165, 1.54) is 0 Å². The van der Waals surface area contributed by atoms with Gasteiger partial charge in [0.05, 0.1) is 6.10 Å². The first-order valence-corrected chi connectivity index (χ1v) is 6.34. The highest BCUT2D eigenvalue weighted by atomic mass is 16.6. The number of hydrogen-bond acceptors (Lipinski definition) is 3. The molecule has 0 heterocycles. The fourth-order valence-electron chi connectivity index (χ4n) is 2.23. The van der Waals surface area contributed by atoms with Gasteiger partial charge in [-0.2, -0.15) is 0 Å². The van der Waals surface area contributed by atoms with Gasteiger partial charge in [0, 0.05) is 13.2 Å². The quantitative estimate of drug-likeness (QED) is 0.896. The predicted molar refractivity (Wildman–Crippen MR) is 68.7 cm³/mol. The largest absolute Gasteiger partial charge is 0.412 e. The van der Waals surface area contributed by atoms with Crippen LogP contribution in [0.25, 0.3) is 0 Å². The minimum atomic E-state index is -0.373. The van der Waals surface area contributed by atoms with E-state index in [4.69, 9.17) is 9.47 Å². The van der Waals surface area contributed by atoms with Crippen molar-refractivity contribution in [2.45, 2.75) is 37.8 Å². The third kappa shape index (κ3) is 3.74. The highest BCUT2D eigenvalue weighted by molar-refractivity contribution is 5.70. The molecule has 1 saturated carbocycles. The topological polar surface area (TPSA) is 47.6 Å². The van der Waals surface area contributed by atoms with Gasteiger partial charge in [-0.25, -0.2) is 4.79 Å². The molecule has 0 atom stereocenters. The first-order chi connectivity index (χ1) is 8.78. The Balaban J connectivity index is 1.75. The second-order valence-electron chi connectivity index (χ2n) is 4.56. The van der Waals surface area contributed by atoms with Crippen molar-refractivity contribution in [2.24, 2.45) is 0 Å². The summed E-state index contributed by atoms with van der Waals surface area (Å²) in [4.78, 5) is 11.7. The lowest BCUT2D eigenvalue weighted by atomic mass is 9.93. The minimum absolute atomic E-state index is 0.201. The molecule has 1 aromatic carbocycles. The second kappa shape index (κ2) is 6.40. The van der Waals surface area contributed by atoms with Crippen molar-refractivity contribution in [3.8, 4) is 5.75 Å². The zero-order chi connectivity index (χ0) is 12.8. The zero-order valence-corrected chi connectivity index (χ0v) is 10.6. The molecule has 0 saturated heterocycles. The first kappa shape index (κ1) is 12.9. The summed E-state index contributed by atoms with van der Waals surface area (Å²) in [5.74, 6) is 0.570. The molecule has 1 N–H and O–H groups in total. The molecule has 0 unspecified atom stereocenters. The Bertz CT molecular complexity index is 372. The molecule has 98 valence electrons. The lowest BCUT2D eigenvalue weighted by molar-refractivity contribution is 0.0626. The summed E-state index contributed by atoms with van der Waals surface area (Å²) in [6.07, 6.45) is 3.85. The minimum Gasteiger partial charge on any atom is -0.410 e. The van der Waals surface area contributed by atoms with Crippen molar-refractivity contribution in [3.63, 3.8) is 0 Å². The Hall–Kier alpha value is -1.55. The second-order valence-corrected chi connectivity index (χ2v) is 4.56. The maximum absolute atomic E-state index is 11.7. The van der Waals surface area contributed by atoms with Gasteiger partial charge in [-0.05, 0) is 37.8 Å². The number of methoxy groups -OCH3 is 1. The first-order valence-electron chi connectivity index (χ1n) is 6.34. The summed E-state index contributed by atoms with van der Waals surface area (Å²) in [6.45, 7) is 0. The number of benzene rings is 1. The van der Waals surface area contributed by atoms with E-state index < -0.39 is 0 Å². The maximum atomic E-state index is 11.7.